The number of hydrogen-bond donors (Lipinski definition) is 0. The molecular formula is C25H13B4NO. The van der Waals surface area contributed by atoms with E-state index in [1.807, 2.05) is 65.2 Å². The summed E-state index contributed by atoms with van der Waals surface area (Å²) in [6, 6.07) is 25.5. The van der Waals surface area contributed by atoms with Gasteiger partial charge < -0.3 is 4.57 Å². The third-order valence-electron chi connectivity index (χ3n) is 5.70. The van der Waals surface area contributed by atoms with Crippen molar-refractivity contribution in [3.8, 4) is 16.8 Å². The lowest BCUT2D eigenvalue weighted by atomic mass is 9.65. The van der Waals surface area contributed by atoms with Crippen molar-refractivity contribution >= 4 is 75.0 Å². The van der Waals surface area contributed by atoms with E-state index < -0.39 is 0 Å². The fraction of sp³-hybridized carbons (Fsp3) is 0. The summed E-state index contributed by atoms with van der Waals surface area (Å²) in [6.45, 7) is 0. The molecule has 0 amide bonds. The summed E-state index contributed by atoms with van der Waals surface area (Å²) in [7, 11) is 24.8. The SMILES string of the molecule is [B]c1c([B])c([B])c2c(c1[B])c(=O)c1ccccc1n2-c1ccc(-c2ccccc2)cc1. The van der Waals surface area contributed by atoms with Crippen LogP contribution in [0, 0.1) is 0 Å². The summed E-state index contributed by atoms with van der Waals surface area (Å²) in [6.07, 6.45) is 0. The summed E-state index contributed by atoms with van der Waals surface area (Å²) in [5, 5.41) is 0.799. The van der Waals surface area contributed by atoms with Crippen LogP contribution in [0.2, 0.25) is 0 Å². The van der Waals surface area contributed by atoms with E-state index in [1.54, 1.807) is 6.07 Å². The van der Waals surface area contributed by atoms with E-state index in [1.165, 1.54) is 0 Å². The highest BCUT2D eigenvalue weighted by Gasteiger charge is 2.18. The van der Waals surface area contributed by atoms with Crippen LogP contribution in [0.3, 0.4) is 0 Å². The van der Waals surface area contributed by atoms with Gasteiger partial charge in [0.15, 0.2) is 5.43 Å². The predicted molar refractivity (Wildman–Crippen MR) is 134 cm³/mol. The first-order valence-electron chi connectivity index (χ1n) is 9.84. The Morgan fingerprint density at radius 3 is 1.87 bits per heavy atom. The Labute approximate surface area is 185 Å². The minimum Gasteiger partial charge on any atom is -0.310 e. The van der Waals surface area contributed by atoms with E-state index in [4.69, 9.17) is 31.4 Å². The molecule has 0 aliphatic carbocycles. The average Bonchev–Trinajstić information content (AvgIpc) is 2.82. The number of nitrogens with zero attached hydrogens (tertiary/aromatic N) is 1. The number of rotatable bonds is 2. The Hall–Kier alpha value is -3.39. The van der Waals surface area contributed by atoms with Crippen LogP contribution in [-0.4, -0.2) is 36.0 Å². The lowest BCUT2D eigenvalue weighted by Gasteiger charge is -2.22. The van der Waals surface area contributed by atoms with Crippen molar-refractivity contribution in [2.45, 2.75) is 0 Å². The van der Waals surface area contributed by atoms with Gasteiger partial charge in [0.05, 0.1) is 5.52 Å². The fourth-order valence-corrected chi connectivity index (χ4v) is 4.09. The molecule has 0 saturated heterocycles. The molecule has 1 aromatic heterocycles. The average molecular weight is 387 g/mol. The molecule has 0 bridgehead atoms. The van der Waals surface area contributed by atoms with Crippen LogP contribution < -0.4 is 27.3 Å². The van der Waals surface area contributed by atoms with Gasteiger partial charge in [-0.25, -0.2) is 0 Å². The van der Waals surface area contributed by atoms with Crippen molar-refractivity contribution in [2.24, 2.45) is 0 Å². The molecule has 1 heterocycles. The first-order valence-corrected chi connectivity index (χ1v) is 9.84. The molecule has 0 aliphatic heterocycles. The van der Waals surface area contributed by atoms with Crippen molar-refractivity contribution < 1.29 is 0 Å². The van der Waals surface area contributed by atoms with Crippen LogP contribution >= 0.6 is 0 Å². The van der Waals surface area contributed by atoms with Crippen molar-refractivity contribution in [3.05, 3.63) is 89.1 Å². The molecule has 0 aliphatic rings. The fourth-order valence-electron chi connectivity index (χ4n) is 4.09. The number of pyridine rings is 1. The van der Waals surface area contributed by atoms with Gasteiger partial charge in [-0.1, -0.05) is 65.5 Å². The van der Waals surface area contributed by atoms with Gasteiger partial charge in [0, 0.05) is 22.0 Å². The minimum absolute atomic E-state index is 0.128. The van der Waals surface area contributed by atoms with Gasteiger partial charge in [0.25, 0.3) is 0 Å². The smallest absolute Gasteiger partial charge is 0.196 e. The molecule has 0 unspecified atom stereocenters. The summed E-state index contributed by atoms with van der Waals surface area (Å²) >= 11 is 0. The van der Waals surface area contributed by atoms with Gasteiger partial charge in [0.2, 0.25) is 0 Å². The lowest BCUT2D eigenvalue weighted by molar-refractivity contribution is 1.17. The summed E-state index contributed by atoms with van der Waals surface area (Å²) in [5.74, 6) is 0. The first-order chi connectivity index (χ1) is 15.0. The minimum atomic E-state index is -0.223. The predicted octanol–water partition coefficient (Wildman–Crippen LogP) is 0.986. The highest BCUT2D eigenvalue weighted by atomic mass is 16.1. The van der Waals surface area contributed by atoms with Crippen molar-refractivity contribution in [1.82, 2.24) is 4.57 Å². The van der Waals surface area contributed by atoms with E-state index in [-0.39, 0.29) is 32.7 Å². The molecule has 4 aromatic carbocycles. The van der Waals surface area contributed by atoms with Crippen molar-refractivity contribution in [3.63, 3.8) is 0 Å². The van der Waals surface area contributed by atoms with E-state index in [0.29, 0.717) is 16.4 Å². The monoisotopic (exact) mass is 387 g/mol. The van der Waals surface area contributed by atoms with Gasteiger partial charge in [-0.2, -0.15) is 0 Å². The zero-order valence-corrected chi connectivity index (χ0v) is 16.7. The number of hydrogen-bond acceptors (Lipinski definition) is 1. The van der Waals surface area contributed by atoms with E-state index >= 15 is 0 Å². The Balaban J connectivity index is 1.90. The standard InChI is InChI=1S/C25H13B4NO/c26-20-19-24(23(29)22(28)21(20)27)30(18-9-5-4-8-17(18)25(19)31)16-12-10-15(11-13-16)14-6-2-1-3-7-14/h1-13H. The van der Waals surface area contributed by atoms with Gasteiger partial charge in [-0.15, -0.1) is 10.9 Å². The maximum Gasteiger partial charge on any atom is 0.196 e. The molecular weight excluding hydrogens is 374 g/mol. The second-order valence-electron chi connectivity index (χ2n) is 7.47. The van der Waals surface area contributed by atoms with Crippen LogP contribution in [0.1, 0.15) is 0 Å². The maximum absolute atomic E-state index is 13.3. The van der Waals surface area contributed by atoms with Crippen LogP contribution in [0.15, 0.2) is 83.7 Å². The third-order valence-corrected chi connectivity index (χ3v) is 5.70. The van der Waals surface area contributed by atoms with Gasteiger partial charge in [-0.05, 0) is 35.4 Å². The Bertz CT molecular complexity index is 1520. The van der Waals surface area contributed by atoms with Gasteiger partial charge in [-0.3, -0.25) is 4.79 Å². The quantitative estimate of drug-likeness (QED) is 0.328. The molecule has 0 N–H and O–H groups in total. The molecule has 0 fully saturated rings. The number of fused-ring (bicyclic) bond motifs is 2. The molecule has 5 aromatic rings. The molecule has 8 radical (unpaired) electrons. The number of para-hydroxylation sites is 1. The highest BCUT2D eigenvalue weighted by molar-refractivity contribution is 6.66. The van der Waals surface area contributed by atoms with Crippen molar-refractivity contribution in [1.29, 1.82) is 0 Å². The van der Waals surface area contributed by atoms with Crippen molar-refractivity contribution in [2.75, 3.05) is 0 Å². The Kier molecular flexibility index (Phi) is 4.66. The normalized spacial score (nSPS) is 11.2. The molecule has 0 atom stereocenters. The van der Waals surface area contributed by atoms with E-state index in [2.05, 4.69) is 12.1 Å². The lowest BCUT2D eigenvalue weighted by Crippen LogP contribution is -2.49. The molecule has 6 heteroatoms. The van der Waals surface area contributed by atoms with Crippen LogP contribution in [0.5, 0.6) is 0 Å². The van der Waals surface area contributed by atoms with E-state index in [0.717, 1.165) is 16.8 Å². The zero-order valence-electron chi connectivity index (χ0n) is 16.7. The topological polar surface area (TPSA) is 22.0 Å². The summed E-state index contributed by atoms with van der Waals surface area (Å²) in [4.78, 5) is 13.3. The molecule has 136 valence electrons. The number of benzene rings is 4. The van der Waals surface area contributed by atoms with Gasteiger partial charge in [0.1, 0.15) is 31.4 Å². The second kappa shape index (κ2) is 7.39. The molecule has 5 rings (SSSR count). The molecule has 31 heavy (non-hydrogen) atoms. The Morgan fingerprint density at radius 2 is 1.16 bits per heavy atom. The van der Waals surface area contributed by atoms with Crippen LogP contribution in [-0.2, 0) is 0 Å². The largest absolute Gasteiger partial charge is 0.310 e. The first kappa shape index (κ1) is 19.6. The van der Waals surface area contributed by atoms with E-state index in [9.17, 15) is 4.79 Å². The third kappa shape index (κ3) is 2.97. The van der Waals surface area contributed by atoms with Crippen LogP contribution in [0.25, 0.3) is 38.6 Å². The Morgan fingerprint density at radius 1 is 0.581 bits per heavy atom. The molecule has 0 saturated carbocycles. The summed E-state index contributed by atoms with van der Waals surface area (Å²) in [5.41, 5.74) is 4.65. The number of aromatic nitrogens is 1. The molecule has 2 nitrogen and oxygen atoms in total. The van der Waals surface area contributed by atoms with Gasteiger partial charge >= 0.3 is 0 Å². The summed E-state index contributed by atoms with van der Waals surface area (Å²) < 4.78 is 1.92. The van der Waals surface area contributed by atoms with Crippen LogP contribution in [0.4, 0.5) is 0 Å². The maximum atomic E-state index is 13.3. The zero-order chi connectivity index (χ0) is 21.7. The molecule has 0 spiro atoms. The second-order valence-corrected chi connectivity index (χ2v) is 7.47. The highest BCUT2D eigenvalue weighted by Crippen LogP contribution is 2.25.